The summed E-state index contributed by atoms with van der Waals surface area (Å²) in [5.74, 6) is -1.23. The number of rotatable bonds is 2. The lowest BCUT2D eigenvalue weighted by Gasteiger charge is -2.03. The van der Waals surface area contributed by atoms with Gasteiger partial charge in [0, 0.05) is 0 Å². The van der Waals surface area contributed by atoms with E-state index in [9.17, 15) is 20.0 Å². The van der Waals surface area contributed by atoms with E-state index in [1.165, 1.54) is 6.07 Å². The average molecular weight is 276 g/mol. The van der Waals surface area contributed by atoms with E-state index in [1.54, 1.807) is 0 Å². The first kappa shape index (κ1) is 11.4. The molecular formula is C8H6BrNO5. The van der Waals surface area contributed by atoms with Gasteiger partial charge in [-0.1, -0.05) is 0 Å². The first-order valence-electron chi connectivity index (χ1n) is 3.73. The molecule has 0 aliphatic carbocycles. The first-order chi connectivity index (χ1) is 6.99. The second kappa shape index (κ2) is 4.26. The first-order valence-corrected chi connectivity index (χ1v) is 4.52. The monoisotopic (exact) mass is 275 g/mol. The van der Waals surface area contributed by atoms with Gasteiger partial charge in [0.2, 0.25) is 0 Å². The van der Waals surface area contributed by atoms with Gasteiger partial charge in [-0.05, 0) is 28.1 Å². The molecule has 1 aromatic rings. The Bertz CT molecular complexity index is 431. The predicted molar refractivity (Wildman–Crippen MR) is 53.8 cm³/mol. The van der Waals surface area contributed by atoms with Crippen molar-refractivity contribution < 1.29 is 19.6 Å². The Kier molecular flexibility index (Phi) is 3.25. The molecule has 0 spiro atoms. The quantitative estimate of drug-likeness (QED) is 0.505. The molecule has 0 radical (unpaired) electrons. The van der Waals surface area contributed by atoms with E-state index in [4.69, 9.17) is 0 Å². The zero-order valence-electron chi connectivity index (χ0n) is 7.56. The highest BCUT2D eigenvalue weighted by molar-refractivity contribution is 9.10. The topological polar surface area (TPSA) is 89.7 Å². The summed E-state index contributed by atoms with van der Waals surface area (Å²) >= 11 is 2.87. The number of carbonyl (C=O) groups excluding carboxylic acids is 1. The fraction of sp³-hybridized carbons (Fsp3) is 0.125. The number of benzene rings is 1. The van der Waals surface area contributed by atoms with E-state index in [2.05, 4.69) is 20.7 Å². The van der Waals surface area contributed by atoms with E-state index in [0.29, 0.717) is 0 Å². The van der Waals surface area contributed by atoms with Gasteiger partial charge in [-0.15, -0.1) is 0 Å². The van der Waals surface area contributed by atoms with Crippen LogP contribution < -0.4 is 0 Å². The number of phenols is 1. The Labute approximate surface area is 92.8 Å². The molecular weight excluding hydrogens is 270 g/mol. The molecule has 15 heavy (non-hydrogen) atoms. The maximum Gasteiger partial charge on any atom is 0.339 e. The number of carbonyl (C=O) groups is 1. The number of nitro benzene ring substituents is 1. The Morgan fingerprint density at radius 1 is 1.60 bits per heavy atom. The van der Waals surface area contributed by atoms with Crippen molar-refractivity contribution in [1.82, 2.24) is 0 Å². The number of phenolic OH excluding ortho intramolecular Hbond substituents is 1. The summed E-state index contributed by atoms with van der Waals surface area (Å²) in [5, 5.41) is 19.8. The number of nitro groups is 1. The van der Waals surface area contributed by atoms with E-state index in [1.807, 2.05) is 0 Å². The lowest BCUT2D eigenvalue weighted by molar-refractivity contribution is -0.386. The van der Waals surface area contributed by atoms with Crippen molar-refractivity contribution in [2.24, 2.45) is 0 Å². The maximum atomic E-state index is 11.2. The molecule has 0 saturated carbocycles. The number of nitrogens with zero attached hydrogens (tertiary/aromatic N) is 1. The third-order valence-corrected chi connectivity index (χ3v) is 2.49. The van der Waals surface area contributed by atoms with Crippen LogP contribution >= 0.6 is 15.9 Å². The van der Waals surface area contributed by atoms with Crippen LogP contribution in [-0.4, -0.2) is 23.1 Å². The van der Waals surface area contributed by atoms with E-state index in [-0.39, 0.29) is 10.0 Å². The summed E-state index contributed by atoms with van der Waals surface area (Å²) in [6.07, 6.45) is 0. The van der Waals surface area contributed by atoms with Crippen molar-refractivity contribution in [3.05, 3.63) is 32.3 Å². The molecule has 0 atom stereocenters. The van der Waals surface area contributed by atoms with Crippen LogP contribution in [0.4, 0.5) is 5.69 Å². The minimum absolute atomic E-state index is 0.0120. The molecule has 0 fully saturated rings. The highest BCUT2D eigenvalue weighted by Crippen LogP contribution is 2.36. The van der Waals surface area contributed by atoms with Gasteiger partial charge in [-0.3, -0.25) is 10.1 Å². The van der Waals surface area contributed by atoms with E-state index < -0.39 is 22.3 Å². The Hall–Kier alpha value is -1.63. The zero-order valence-corrected chi connectivity index (χ0v) is 9.15. The van der Waals surface area contributed by atoms with Gasteiger partial charge < -0.3 is 9.84 Å². The minimum Gasteiger partial charge on any atom is -0.502 e. The summed E-state index contributed by atoms with van der Waals surface area (Å²) in [6.45, 7) is 0. The SMILES string of the molecule is COC(=O)c1ccc(O)c([N+](=O)[O-])c1Br. The average Bonchev–Trinajstić information content (AvgIpc) is 2.16. The third-order valence-electron chi connectivity index (χ3n) is 1.68. The normalized spacial score (nSPS) is 9.73. The second-order valence-electron chi connectivity index (χ2n) is 2.54. The van der Waals surface area contributed by atoms with Crippen LogP contribution in [-0.2, 0) is 4.74 Å². The van der Waals surface area contributed by atoms with Gasteiger partial charge >= 0.3 is 11.7 Å². The summed E-state index contributed by atoms with van der Waals surface area (Å²) in [6, 6.07) is 2.30. The van der Waals surface area contributed by atoms with Crippen LogP contribution in [0.3, 0.4) is 0 Å². The molecule has 0 saturated heterocycles. The number of hydrogen-bond donors (Lipinski definition) is 1. The van der Waals surface area contributed by atoms with Crippen LogP contribution in [0.25, 0.3) is 0 Å². The van der Waals surface area contributed by atoms with Crippen molar-refractivity contribution in [2.45, 2.75) is 0 Å². The summed E-state index contributed by atoms with van der Waals surface area (Å²) in [4.78, 5) is 20.9. The number of ether oxygens (including phenoxy) is 1. The van der Waals surface area contributed by atoms with Crippen LogP contribution in [0.5, 0.6) is 5.75 Å². The zero-order chi connectivity index (χ0) is 11.6. The molecule has 0 aromatic heterocycles. The summed E-state index contributed by atoms with van der Waals surface area (Å²) in [5.41, 5.74) is -0.570. The van der Waals surface area contributed by atoms with Crippen molar-refractivity contribution in [3.8, 4) is 5.75 Å². The number of hydrogen-bond acceptors (Lipinski definition) is 5. The van der Waals surface area contributed by atoms with Gasteiger partial charge in [0.25, 0.3) is 0 Å². The highest BCUT2D eigenvalue weighted by Gasteiger charge is 2.24. The molecule has 0 aliphatic heterocycles. The molecule has 1 rings (SSSR count). The second-order valence-corrected chi connectivity index (χ2v) is 3.34. The number of halogens is 1. The van der Waals surface area contributed by atoms with Crippen LogP contribution in [0, 0.1) is 10.1 Å². The van der Waals surface area contributed by atoms with Crippen LogP contribution in [0.1, 0.15) is 10.4 Å². The minimum atomic E-state index is -0.786. The Balaban J connectivity index is 3.41. The number of aromatic hydroxyl groups is 1. The van der Waals surface area contributed by atoms with Crippen LogP contribution in [0.15, 0.2) is 16.6 Å². The predicted octanol–water partition coefficient (Wildman–Crippen LogP) is 1.85. The van der Waals surface area contributed by atoms with E-state index >= 15 is 0 Å². The van der Waals surface area contributed by atoms with Crippen molar-refractivity contribution in [3.63, 3.8) is 0 Å². The van der Waals surface area contributed by atoms with Crippen molar-refractivity contribution >= 4 is 27.6 Å². The van der Waals surface area contributed by atoms with Gasteiger partial charge in [-0.2, -0.15) is 0 Å². The molecule has 0 heterocycles. The molecule has 0 aliphatic rings. The van der Waals surface area contributed by atoms with Gasteiger partial charge in [0.1, 0.15) is 4.47 Å². The Morgan fingerprint density at radius 3 is 2.67 bits per heavy atom. The molecule has 7 heteroatoms. The summed E-state index contributed by atoms with van der Waals surface area (Å²) in [7, 11) is 1.16. The fourth-order valence-electron chi connectivity index (χ4n) is 0.996. The largest absolute Gasteiger partial charge is 0.502 e. The smallest absolute Gasteiger partial charge is 0.339 e. The molecule has 1 N–H and O–H groups in total. The third kappa shape index (κ3) is 2.07. The van der Waals surface area contributed by atoms with E-state index in [0.717, 1.165) is 13.2 Å². The standard InChI is InChI=1S/C8H6BrNO5/c1-15-8(12)4-2-3-5(11)7(6(4)9)10(13)14/h2-3,11H,1H3. The highest BCUT2D eigenvalue weighted by atomic mass is 79.9. The maximum absolute atomic E-state index is 11.2. The van der Waals surface area contributed by atoms with Crippen molar-refractivity contribution in [1.29, 1.82) is 0 Å². The van der Waals surface area contributed by atoms with Crippen molar-refractivity contribution in [2.75, 3.05) is 7.11 Å². The molecule has 0 bridgehead atoms. The molecule has 6 nitrogen and oxygen atoms in total. The summed E-state index contributed by atoms with van der Waals surface area (Å²) < 4.78 is 4.32. The fourth-order valence-corrected chi connectivity index (χ4v) is 1.64. The van der Waals surface area contributed by atoms with Gasteiger partial charge in [0.15, 0.2) is 5.75 Å². The van der Waals surface area contributed by atoms with Gasteiger partial charge in [-0.25, -0.2) is 4.79 Å². The molecule has 0 unspecified atom stereocenters. The number of esters is 1. The molecule has 1 aromatic carbocycles. The number of methoxy groups -OCH3 is 1. The van der Waals surface area contributed by atoms with Gasteiger partial charge in [0.05, 0.1) is 17.6 Å². The van der Waals surface area contributed by atoms with Crippen LogP contribution in [0.2, 0.25) is 0 Å². The lowest BCUT2D eigenvalue weighted by Crippen LogP contribution is -2.04. The lowest BCUT2D eigenvalue weighted by atomic mass is 10.2. The molecule has 0 amide bonds. The Morgan fingerprint density at radius 2 is 2.20 bits per heavy atom. The molecule has 80 valence electrons.